The van der Waals surface area contributed by atoms with Crippen LogP contribution in [-0.2, 0) is 11.2 Å². The Bertz CT molecular complexity index is 561. The van der Waals surface area contributed by atoms with E-state index in [1.807, 2.05) is 18.2 Å². The first-order valence-corrected chi connectivity index (χ1v) is 8.45. The van der Waals surface area contributed by atoms with E-state index in [4.69, 9.17) is 5.11 Å². The highest BCUT2D eigenvalue weighted by Gasteiger charge is 2.34. The number of nitrogens with zero attached hydrogens (tertiary/aromatic N) is 1. The molecule has 1 aromatic rings. The van der Waals surface area contributed by atoms with Gasteiger partial charge in [-0.2, -0.15) is 0 Å². The van der Waals surface area contributed by atoms with E-state index in [2.05, 4.69) is 17.4 Å². The lowest BCUT2D eigenvalue weighted by molar-refractivity contribution is -0.141. The first-order chi connectivity index (χ1) is 11.1. The van der Waals surface area contributed by atoms with E-state index in [0.29, 0.717) is 25.4 Å². The minimum Gasteiger partial charge on any atom is -0.481 e. The first kappa shape index (κ1) is 15.8. The molecule has 2 N–H and O–H groups in total. The maximum absolute atomic E-state index is 12.4. The summed E-state index contributed by atoms with van der Waals surface area (Å²) < 4.78 is 0. The van der Waals surface area contributed by atoms with Crippen molar-refractivity contribution in [3.8, 4) is 0 Å². The van der Waals surface area contributed by atoms with Gasteiger partial charge in [-0.1, -0.05) is 36.8 Å². The van der Waals surface area contributed by atoms with Crippen LogP contribution in [0.15, 0.2) is 30.3 Å². The lowest BCUT2D eigenvalue weighted by Gasteiger charge is -2.25. The van der Waals surface area contributed by atoms with Crippen molar-refractivity contribution in [1.82, 2.24) is 10.2 Å². The zero-order valence-corrected chi connectivity index (χ0v) is 13.3. The summed E-state index contributed by atoms with van der Waals surface area (Å²) in [6, 6.07) is 10.5. The summed E-state index contributed by atoms with van der Waals surface area (Å²) in [6.45, 7) is 0.871. The molecule has 2 amide bonds. The molecule has 0 spiro atoms. The largest absolute Gasteiger partial charge is 0.481 e. The van der Waals surface area contributed by atoms with E-state index in [0.717, 1.165) is 25.7 Å². The van der Waals surface area contributed by atoms with Gasteiger partial charge in [-0.05, 0) is 37.2 Å². The fourth-order valence-corrected chi connectivity index (χ4v) is 3.78. The summed E-state index contributed by atoms with van der Waals surface area (Å²) in [5.41, 5.74) is 1.31. The van der Waals surface area contributed by atoms with E-state index < -0.39 is 11.9 Å². The zero-order valence-electron chi connectivity index (χ0n) is 13.3. The number of carboxylic acids is 1. The maximum atomic E-state index is 12.4. The molecule has 124 valence electrons. The van der Waals surface area contributed by atoms with Gasteiger partial charge in [-0.3, -0.25) is 4.79 Å². The predicted molar refractivity (Wildman–Crippen MR) is 87.1 cm³/mol. The monoisotopic (exact) mass is 316 g/mol. The number of carbonyl (C=O) groups is 2. The number of carboxylic acid groups (broad SMARTS) is 1. The number of urea groups is 1. The van der Waals surface area contributed by atoms with Gasteiger partial charge in [0.1, 0.15) is 0 Å². The van der Waals surface area contributed by atoms with E-state index >= 15 is 0 Å². The minimum atomic E-state index is -0.803. The van der Waals surface area contributed by atoms with Gasteiger partial charge in [-0.15, -0.1) is 0 Å². The predicted octanol–water partition coefficient (Wildman–Crippen LogP) is 2.51. The van der Waals surface area contributed by atoms with Crippen LogP contribution in [-0.4, -0.2) is 41.1 Å². The molecule has 1 saturated carbocycles. The molecule has 2 fully saturated rings. The van der Waals surface area contributed by atoms with E-state index in [9.17, 15) is 9.59 Å². The van der Waals surface area contributed by atoms with Crippen molar-refractivity contribution in [1.29, 1.82) is 0 Å². The first-order valence-electron chi connectivity index (χ1n) is 8.45. The zero-order chi connectivity index (χ0) is 16.2. The molecule has 1 heterocycles. The number of aliphatic carboxylic acids is 1. The molecule has 1 saturated heterocycles. The molecule has 3 rings (SSSR count). The molecular formula is C18H24N2O3. The van der Waals surface area contributed by atoms with Crippen LogP contribution in [0.1, 0.15) is 31.2 Å². The third kappa shape index (κ3) is 3.84. The van der Waals surface area contributed by atoms with Crippen molar-refractivity contribution < 1.29 is 14.7 Å². The number of benzene rings is 1. The smallest absolute Gasteiger partial charge is 0.317 e. The minimum absolute atomic E-state index is 0.0984. The van der Waals surface area contributed by atoms with E-state index in [1.54, 1.807) is 4.90 Å². The SMILES string of the molecule is O=C(O)C1CCN(C(=O)NC2CCCC2Cc2ccccc2)C1. The quantitative estimate of drug-likeness (QED) is 0.897. The Morgan fingerprint density at radius 2 is 1.96 bits per heavy atom. The van der Waals surface area contributed by atoms with Gasteiger partial charge in [-0.25, -0.2) is 4.79 Å². The lowest BCUT2D eigenvalue weighted by atomic mass is 9.95. The van der Waals surface area contributed by atoms with Crippen molar-refractivity contribution in [3.63, 3.8) is 0 Å². The Balaban J connectivity index is 1.54. The van der Waals surface area contributed by atoms with E-state index in [1.165, 1.54) is 5.56 Å². The molecule has 0 aromatic heterocycles. The van der Waals surface area contributed by atoms with Crippen LogP contribution in [0, 0.1) is 11.8 Å². The van der Waals surface area contributed by atoms with Crippen LogP contribution >= 0.6 is 0 Å². The van der Waals surface area contributed by atoms with Gasteiger partial charge < -0.3 is 15.3 Å². The van der Waals surface area contributed by atoms with Crippen LogP contribution in [0.4, 0.5) is 4.79 Å². The molecule has 23 heavy (non-hydrogen) atoms. The summed E-state index contributed by atoms with van der Waals surface area (Å²) >= 11 is 0. The normalized spacial score (nSPS) is 27.1. The molecule has 0 bridgehead atoms. The van der Waals surface area contributed by atoms with E-state index in [-0.39, 0.29) is 12.1 Å². The van der Waals surface area contributed by atoms with Crippen LogP contribution in [0.2, 0.25) is 0 Å². The van der Waals surface area contributed by atoms with Crippen molar-refractivity contribution in [3.05, 3.63) is 35.9 Å². The number of nitrogens with one attached hydrogen (secondary N) is 1. The van der Waals surface area contributed by atoms with Gasteiger partial charge in [0.25, 0.3) is 0 Å². The molecule has 3 unspecified atom stereocenters. The number of hydrogen-bond acceptors (Lipinski definition) is 2. The molecule has 1 aromatic carbocycles. The second kappa shape index (κ2) is 7.02. The van der Waals surface area contributed by atoms with Crippen molar-refractivity contribution in [2.24, 2.45) is 11.8 Å². The fourth-order valence-electron chi connectivity index (χ4n) is 3.78. The second-order valence-corrected chi connectivity index (χ2v) is 6.71. The van der Waals surface area contributed by atoms with Crippen molar-refractivity contribution >= 4 is 12.0 Å². The average Bonchev–Trinajstić information content (AvgIpc) is 3.18. The average molecular weight is 316 g/mol. The topological polar surface area (TPSA) is 69.6 Å². The molecule has 0 radical (unpaired) electrons. The Kier molecular flexibility index (Phi) is 4.84. The summed E-state index contributed by atoms with van der Waals surface area (Å²) in [4.78, 5) is 25.0. The summed E-state index contributed by atoms with van der Waals surface area (Å²) in [6.07, 6.45) is 4.83. The fraction of sp³-hybridized carbons (Fsp3) is 0.556. The second-order valence-electron chi connectivity index (χ2n) is 6.71. The maximum Gasteiger partial charge on any atom is 0.317 e. The van der Waals surface area contributed by atoms with Crippen LogP contribution < -0.4 is 5.32 Å². The number of amides is 2. The van der Waals surface area contributed by atoms with Crippen LogP contribution in [0.25, 0.3) is 0 Å². The Morgan fingerprint density at radius 1 is 1.17 bits per heavy atom. The summed E-state index contributed by atoms with van der Waals surface area (Å²) in [5.74, 6) is -0.744. The van der Waals surface area contributed by atoms with Crippen LogP contribution in [0.3, 0.4) is 0 Å². The number of likely N-dealkylation sites (tertiary alicyclic amines) is 1. The number of carbonyl (C=O) groups excluding carboxylic acids is 1. The van der Waals surface area contributed by atoms with Crippen LogP contribution in [0.5, 0.6) is 0 Å². The lowest BCUT2D eigenvalue weighted by Crippen LogP contribution is -2.45. The Hall–Kier alpha value is -2.04. The highest BCUT2D eigenvalue weighted by Crippen LogP contribution is 2.29. The van der Waals surface area contributed by atoms with Crippen molar-refractivity contribution in [2.45, 2.75) is 38.1 Å². The summed E-state index contributed by atoms with van der Waals surface area (Å²) in [5, 5.41) is 12.2. The Morgan fingerprint density at radius 3 is 2.65 bits per heavy atom. The number of hydrogen-bond donors (Lipinski definition) is 2. The van der Waals surface area contributed by atoms with Crippen molar-refractivity contribution in [2.75, 3.05) is 13.1 Å². The van der Waals surface area contributed by atoms with Gasteiger partial charge >= 0.3 is 12.0 Å². The summed E-state index contributed by atoms with van der Waals surface area (Å²) in [7, 11) is 0. The Labute approximate surface area is 136 Å². The molecule has 5 heteroatoms. The standard InChI is InChI=1S/C18H24N2O3/c21-17(22)15-9-10-20(12-15)18(23)19-16-8-4-7-14(16)11-13-5-2-1-3-6-13/h1-3,5-6,14-16H,4,7-12H2,(H,19,23)(H,21,22). The molecule has 2 aliphatic rings. The van der Waals surface area contributed by atoms with Gasteiger partial charge in [0.2, 0.25) is 0 Å². The van der Waals surface area contributed by atoms with Gasteiger partial charge in [0.05, 0.1) is 5.92 Å². The third-order valence-corrected chi connectivity index (χ3v) is 5.13. The molecular weight excluding hydrogens is 292 g/mol. The molecule has 1 aliphatic heterocycles. The van der Waals surface area contributed by atoms with Gasteiger partial charge in [0.15, 0.2) is 0 Å². The van der Waals surface area contributed by atoms with Gasteiger partial charge in [0, 0.05) is 19.1 Å². The third-order valence-electron chi connectivity index (χ3n) is 5.13. The highest BCUT2D eigenvalue weighted by molar-refractivity contribution is 5.77. The molecule has 5 nitrogen and oxygen atoms in total. The highest BCUT2D eigenvalue weighted by atomic mass is 16.4. The molecule has 1 aliphatic carbocycles. The number of rotatable bonds is 4. The molecule has 3 atom stereocenters.